The van der Waals surface area contributed by atoms with Crippen molar-refractivity contribution in [2.24, 2.45) is 17.0 Å². The standard InChI is InChI=1S/C24H23N5O6S/c1-28-13-22(35-27-28)26-21(30)14-36-24-25-17(23(31)29(24)16-8-6-5-7-9-16)10-15-11-19(33-3)20(34-4)12-18(15)32-2/h5-13H,14H2,1-4H3/b17-10+. The molecule has 0 N–H and O–H groups in total. The van der Waals surface area contributed by atoms with Gasteiger partial charge in [0.15, 0.2) is 29.0 Å². The lowest BCUT2D eigenvalue weighted by Crippen LogP contribution is -2.31. The van der Waals surface area contributed by atoms with Crippen molar-refractivity contribution in [3.05, 3.63) is 59.9 Å². The monoisotopic (exact) mass is 509 g/mol. The van der Waals surface area contributed by atoms with E-state index < -0.39 is 5.90 Å². The van der Waals surface area contributed by atoms with E-state index in [1.807, 2.05) is 18.2 Å². The maximum atomic E-state index is 13.4. The molecule has 0 saturated heterocycles. The van der Waals surface area contributed by atoms with Crippen LogP contribution >= 0.6 is 11.8 Å². The first-order valence-electron chi connectivity index (χ1n) is 10.6. The lowest BCUT2D eigenvalue weighted by atomic mass is 10.1. The van der Waals surface area contributed by atoms with Crippen molar-refractivity contribution in [3.63, 3.8) is 0 Å². The summed E-state index contributed by atoms with van der Waals surface area (Å²) in [7, 11) is 6.22. The van der Waals surface area contributed by atoms with Gasteiger partial charge in [0.05, 0.1) is 27.0 Å². The van der Waals surface area contributed by atoms with Crippen molar-refractivity contribution in [3.8, 4) is 17.2 Å². The molecule has 0 aliphatic carbocycles. The summed E-state index contributed by atoms with van der Waals surface area (Å²) in [5.74, 6) is 0.654. The number of hydrogen-bond donors (Lipinski definition) is 0. The number of carbonyl (C=O) groups excluding carboxylic acids is 1. The van der Waals surface area contributed by atoms with Gasteiger partial charge in [-0.05, 0) is 30.2 Å². The van der Waals surface area contributed by atoms with Crippen LogP contribution in [-0.2, 0) is 11.8 Å². The van der Waals surface area contributed by atoms with Gasteiger partial charge in [0.1, 0.15) is 11.4 Å². The van der Waals surface area contributed by atoms with Gasteiger partial charge in [0.25, 0.3) is 12.1 Å². The second kappa shape index (κ2) is 11.0. The van der Waals surface area contributed by atoms with Gasteiger partial charge < -0.3 is 19.3 Å². The normalized spacial score (nSPS) is 14.8. The van der Waals surface area contributed by atoms with Crippen molar-refractivity contribution in [2.75, 3.05) is 32.0 Å². The fourth-order valence-corrected chi connectivity index (χ4v) is 4.15. The van der Waals surface area contributed by atoms with E-state index in [1.54, 1.807) is 37.4 Å². The lowest BCUT2D eigenvalue weighted by Gasteiger charge is -2.18. The molecule has 186 valence electrons. The average Bonchev–Trinajstić information content (AvgIpc) is 3.44. The molecule has 36 heavy (non-hydrogen) atoms. The highest BCUT2D eigenvalue weighted by Crippen LogP contribution is 2.37. The summed E-state index contributed by atoms with van der Waals surface area (Å²) in [5.41, 5.74) is 1.35. The molecule has 0 saturated carbocycles. The first-order chi connectivity index (χ1) is 17.4. The fourth-order valence-electron chi connectivity index (χ4n) is 3.35. The number of aryl methyl sites for hydroxylation is 1. The zero-order chi connectivity index (χ0) is 25.7. The molecule has 2 heterocycles. The third kappa shape index (κ3) is 5.33. The molecule has 0 unspecified atom stereocenters. The fraction of sp³-hybridized carbons (Fsp3) is 0.208. The number of nitrogens with zero attached hydrogens (tertiary/aromatic N) is 5. The van der Waals surface area contributed by atoms with Crippen LogP contribution in [0.15, 0.2) is 68.9 Å². The molecule has 3 aromatic rings. The van der Waals surface area contributed by atoms with E-state index in [2.05, 4.69) is 15.3 Å². The Morgan fingerprint density at radius 3 is 2.47 bits per heavy atom. The predicted molar refractivity (Wildman–Crippen MR) is 133 cm³/mol. The second-order valence-electron chi connectivity index (χ2n) is 7.36. The van der Waals surface area contributed by atoms with Crippen LogP contribution in [0.1, 0.15) is 5.56 Å². The predicted octanol–water partition coefficient (Wildman–Crippen LogP) is 2.09. The molecule has 4 rings (SSSR count). The molecule has 12 heteroatoms. The molecule has 2 aromatic carbocycles. The topological polar surface area (TPSA) is 126 Å². The van der Waals surface area contributed by atoms with E-state index in [0.29, 0.717) is 33.7 Å². The van der Waals surface area contributed by atoms with E-state index in [-0.39, 0.29) is 23.2 Å². The number of rotatable bonds is 8. The van der Waals surface area contributed by atoms with Gasteiger partial charge in [-0.25, -0.2) is 9.98 Å². The van der Waals surface area contributed by atoms with Crippen LogP contribution in [0.4, 0.5) is 11.6 Å². The molecular weight excluding hydrogens is 486 g/mol. The number of thioether (sulfide) groups is 1. The SMILES string of the molecule is COc1cc(OC)c(OC)cc1/C=C1/N=C(SC/C([O-])=N/c2c[n+](C)no2)N(c2ccccc2)C1=O. The summed E-state index contributed by atoms with van der Waals surface area (Å²) in [5, 5.41) is 16.4. The third-order valence-electron chi connectivity index (χ3n) is 4.99. The Bertz CT molecular complexity index is 1350. The van der Waals surface area contributed by atoms with Crippen molar-refractivity contribution in [1.82, 2.24) is 5.27 Å². The first-order valence-corrected chi connectivity index (χ1v) is 11.6. The van der Waals surface area contributed by atoms with E-state index in [9.17, 15) is 9.90 Å². The van der Waals surface area contributed by atoms with Gasteiger partial charge in [0, 0.05) is 17.4 Å². The molecule has 1 aliphatic rings. The van der Waals surface area contributed by atoms with Crippen LogP contribution in [0.5, 0.6) is 17.2 Å². The number of benzene rings is 2. The largest absolute Gasteiger partial charge is 0.861 e. The highest BCUT2D eigenvalue weighted by Gasteiger charge is 2.32. The van der Waals surface area contributed by atoms with Gasteiger partial charge in [0.2, 0.25) is 0 Å². The van der Waals surface area contributed by atoms with Gasteiger partial charge in [-0.2, -0.15) is 0 Å². The molecule has 0 radical (unpaired) electrons. The number of aliphatic imine (C=N–C) groups is 2. The van der Waals surface area contributed by atoms with Crippen molar-refractivity contribution in [2.45, 2.75) is 0 Å². The number of amides is 1. The van der Waals surface area contributed by atoms with Crippen LogP contribution in [0.3, 0.4) is 0 Å². The molecule has 0 fully saturated rings. The number of para-hydroxylation sites is 1. The Morgan fingerprint density at radius 2 is 1.83 bits per heavy atom. The van der Waals surface area contributed by atoms with Gasteiger partial charge in [-0.3, -0.25) is 14.2 Å². The molecule has 0 spiro atoms. The molecule has 0 atom stereocenters. The second-order valence-corrected chi connectivity index (χ2v) is 8.30. The summed E-state index contributed by atoms with van der Waals surface area (Å²) in [6.45, 7) is 0. The minimum absolute atomic E-state index is 0.0627. The highest BCUT2D eigenvalue weighted by atomic mass is 32.2. The quantitative estimate of drug-likeness (QED) is 0.196. The summed E-state index contributed by atoms with van der Waals surface area (Å²) in [6, 6.07) is 12.4. The van der Waals surface area contributed by atoms with Crippen molar-refractivity contribution >= 4 is 46.4 Å². The molecular formula is C24H23N5O6S. The minimum Gasteiger partial charge on any atom is -0.861 e. The Kier molecular flexibility index (Phi) is 7.54. The third-order valence-corrected chi connectivity index (χ3v) is 5.92. The van der Waals surface area contributed by atoms with Crippen molar-refractivity contribution in [1.29, 1.82) is 0 Å². The number of methoxy groups -OCH3 is 3. The number of carbonyl (C=O) groups is 1. The highest BCUT2D eigenvalue weighted by molar-refractivity contribution is 8.14. The summed E-state index contributed by atoms with van der Waals surface area (Å²) in [4.78, 5) is 23.3. The lowest BCUT2D eigenvalue weighted by molar-refractivity contribution is -0.739. The minimum atomic E-state index is -0.459. The van der Waals surface area contributed by atoms with Crippen LogP contribution in [0.25, 0.3) is 6.08 Å². The van der Waals surface area contributed by atoms with E-state index in [0.717, 1.165) is 11.8 Å². The van der Waals surface area contributed by atoms with Crippen molar-refractivity contribution < 1.29 is 33.3 Å². The number of anilines is 1. The van der Waals surface area contributed by atoms with Gasteiger partial charge in [-0.1, -0.05) is 34.6 Å². The maximum absolute atomic E-state index is 13.4. The zero-order valence-corrected chi connectivity index (χ0v) is 20.8. The Morgan fingerprint density at radius 1 is 1.14 bits per heavy atom. The maximum Gasteiger partial charge on any atom is 0.320 e. The van der Waals surface area contributed by atoms with Crippen LogP contribution < -0.4 is 28.9 Å². The number of hydrogen-bond acceptors (Lipinski definition) is 10. The first kappa shape index (κ1) is 24.8. The number of aromatic nitrogens is 2. The molecule has 0 bridgehead atoms. The average molecular weight is 510 g/mol. The van der Waals surface area contributed by atoms with Crippen LogP contribution in [0.2, 0.25) is 0 Å². The van der Waals surface area contributed by atoms with Gasteiger partial charge in [-0.15, -0.1) is 0 Å². The van der Waals surface area contributed by atoms with E-state index in [1.165, 1.54) is 37.1 Å². The molecule has 1 amide bonds. The smallest absolute Gasteiger partial charge is 0.320 e. The van der Waals surface area contributed by atoms with Gasteiger partial charge >= 0.3 is 5.88 Å². The van der Waals surface area contributed by atoms with Crippen LogP contribution in [-0.4, -0.2) is 49.3 Å². The van der Waals surface area contributed by atoms with E-state index in [4.69, 9.17) is 18.7 Å². The Balaban J connectivity index is 1.68. The number of amidine groups is 1. The number of ether oxygens (including phenoxy) is 3. The zero-order valence-electron chi connectivity index (χ0n) is 20.0. The molecule has 1 aliphatic heterocycles. The Hall–Kier alpha value is -4.32. The molecule has 11 nitrogen and oxygen atoms in total. The summed E-state index contributed by atoms with van der Waals surface area (Å²) >= 11 is 1.09. The van der Waals surface area contributed by atoms with Crippen LogP contribution in [0, 0.1) is 0 Å². The summed E-state index contributed by atoms with van der Waals surface area (Å²) in [6.07, 6.45) is 3.08. The Labute approximate surface area is 211 Å². The summed E-state index contributed by atoms with van der Waals surface area (Å²) < 4.78 is 22.5. The molecule has 1 aromatic heterocycles. The van der Waals surface area contributed by atoms with E-state index >= 15 is 0 Å².